The Morgan fingerprint density at radius 2 is 1.88 bits per heavy atom. The molecule has 1 aromatic heterocycles. The summed E-state index contributed by atoms with van der Waals surface area (Å²) < 4.78 is 5.57. The molecule has 2 rings (SSSR count). The number of fused-ring (bicyclic) bond motifs is 1. The first-order valence-corrected chi connectivity index (χ1v) is 5.69. The van der Waals surface area contributed by atoms with Crippen molar-refractivity contribution in [1.82, 2.24) is 5.32 Å². The zero-order valence-corrected chi connectivity index (χ0v) is 10.6. The van der Waals surface area contributed by atoms with E-state index in [4.69, 9.17) is 4.42 Å². The zero-order chi connectivity index (χ0) is 12.6. The molecule has 0 fully saturated rings. The number of nitrogens with one attached hydrogen (secondary N) is 1. The summed E-state index contributed by atoms with van der Waals surface area (Å²) in [5.41, 5.74) is 1.14. The van der Waals surface area contributed by atoms with E-state index in [-0.39, 0.29) is 11.4 Å². The molecule has 2 aromatic rings. The van der Waals surface area contributed by atoms with Gasteiger partial charge in [0.1, 0.15) is 11.3 Å². The zero-order valence-electron chi connectivity index (χ0n) is 10.6. The molecule has 0 atom stereocenters. The highest BCUT2D eigenvalue weighted by Gasteiger charge is 2.21. The first-order valence-electron chi connectivity index (χ1n) is 5.69. The van der Waals surface area contributed by atoms with Gasteiger partial charge in [0.05, 0.1) is 5.56 Å². The second-order valence-electron chi connectivity index (χ2n) is 5.23. The van der Waals surface area contributed by atoms with Gasteiger partial charge < -0.3 is 9.73 Å². The fourth-order valence-corrected chi connectivity index (χ4v) is 1.85. The van der Waals surface area contributed by atoms with Gasteiger partial charge >= 0.3 is 0 Å². The van der Waals surface area contributed by atoms with E-state index in [2.05, 4.69) is 5.32 Å². The molecule has 3 heteroatoms. The molecule has 1 amide bonds. The number of rotatable bonds is 1. The van der Waals surface area contributed by atoms with E-state index >= 15 is 0 Å². The quantitative estimate of drug-likeness (QED) is 0.818. The van der Waals surface area contributed by atoms with Gasteiger partial charge in [-0.1, -0.05) is 18.2 Å². The summed E-state index contributed by atoms with van der Waals surface area (Å²) in [5, 5.41) is 3.82. The highest BCUT2D eigenvalue weighted by atomic mass is 16.3. The van der Waals surface area contributed by atoms with Crippen LogP contribution >= 0.6 is 0 Å². The molecule has 17 heavy (non-hydrogen) atoms. The number of aryl methyl sites for hydroxylation is 1. The van der Waals surface area contributed by atoms with Gasteiger partial charge in [-0.15, -0.1) is 0 Å². The molecule has 90 valence electrons. The number of hydrogen-bond acceptors (Lipinski definition) is 2. The first-order chi connectivity index (χ1) is 7.88. The van der Waals surface area contributed by atoms with Crippen molar-refractivity contribution in [3.63, 3.8) is 0 Å². The van der Waals surface area contributed by atoms with Gasteiger partial charge in [0.15, 0.2) is 0 Å². The van der Waals surface area contributed by atoms with Crippen molar-refractivity contribution in [3.8, 4) is 0 Å². The predicted octanol–water partition coefficient (Wildman–Crippen LogP) is 3.27. The molecule has 1 heterocycles. The fourth-order valence-electron chi connectivity index (χ4n) is 1.85. The van der Waals surface area contributed by atoms with Gasteiger partial charge in [-0.3, -0.25) is 4.79 Å². The third kappa shape index (κ3) is 2.33. The summed E-state index contributed by atoms with van der Waals surface area (Å²) in [7, 11) is 0. The van der Waals surface area contributed by atoms with Crippen LogP contribution < -0.4 is 5.32 Å². The van der Waals surface area contributed by atoms with E-state index in [1.165, 1.54) is 0 Å². The lowest BCUT2D eigenvalue weighted by Gasteiger charge is -2.20. The Balaban J connectivity index is 2.48. The maximum absolute atomic E-state index is 12.2. The lowest BCUT2D eigenvalue weighted by molar-refractivity contribution is 0.0919. The average molecular weight is 231 g/mol. The number of furan rings is 1. The standard InChI is InChI=1S/C14H17NO2/c1-9-12(13(16)15-14(2,3)4)10-7-5-6-8-11(10)17-9/h5-8H,1-4H3,(H,15,16). The highest BCUT2D eigenvalue weighted by Crippen LogP contribution is 2.25. The topological polar surface area (TPSA) is 42.2 Å². The molecule has 0 spiro atoms. The summed E-state index contributed by atoms with van der Waals surface area (Å²) in [6.07, 6.45) is 0. The second-order valence-corrected chi connectivity index (χ2v) is 5.23. The van der Waals surface area contributed by atoms with Crippen molar-refractivity contribution >= 4 is 16.9 Å². The summed E-state index contributed by atoms with van der Waals surface area (Å²) in [4.78, 5) is 12.2. The average Bonchev–Trinajstić information content (AvgIpc) is 2.50. The molecule has 0 saturated heterocycles. The van der Waals surface area contributed by atoms with E-state index in [9.17, 15) is 4.79 Å². The van der Waals surface area contributed by atoms with Crippen molar-refractivity contribution in [1.29, 1.82) is 0 Å². The van der Waals surface area contributed by atoms with Crippen LogP contribution in [0.5, 0.6) is 0 Å². The van der Waals surface area contributed by atoms with Crippen LogP contribution in [0.4, 0.5) is 0 Å². The Morgan fingerprint density at radius 1 is 1.24 bits per heavy atom. The molecule has 0 aliphatic heterocycles. The number of carbonyl (C=O) groups excluding carboxylic acids is 1. The summed E-state index contributed by atoms with van der Waals surface area (Å²) in [6, 6.07) is 7.58. The Kier molecular flexibility index (Phi) is 2.69. The molecule has 1 aromatic carbocycles. The van der Waals surface area contributed by atoms with Gasteiger partial charge in [0, 0.05) is 10.9 Å². The Labute approximate surface area is 101 Å². The van der Waals surface area contributed by atoms with Crippen molar-refractivity contribution < 1.29 is 9.21 Å². The number of carbonyl (C=O) groups is 1. The van der Waals surface area contributed by atoms with Crippen LogP contribution in [0.3, 0.4) is 0 Å². The Bertz CT molecular complexity index is 561. The second kappa shape index (κ2) is 3.91. The van der Waals surface area contributed by atoms with Crippen LogP contribution in [0.2, 0.25) is 0 Å². The number of benzene rings is 1. The van der Waals surface area contributed by atoms with Crippen LogP contribution in [0, 0.1) is 6.92 Å². The van der Waals surface area contributed by atoms with Crippen molar-refractivity contribution in [2.75, 3.05) is 0 Å². The van der Waals surface area contributed by atoms with Crippen LogP contribution in [-0.2, 0) is 0 Å². The monoisotopic (exact) mass is 231 g/mol. The predicted molar refractivity (Wildman–Crippen MR) is 68.2 cm³/mol. The smallest absolute Gasteiger partial charge is 0.255 e. The van der Waals surface area contributed by atoms with E-state index < -0.39 is 0 Å². The van der Waals surface area contributed by atoms with Gasteiger partial charge in [-0.05, 0) is 33.8 Å². The van der Waals surface area contributed by atoms with E-state index in [1.807, 2.05) is 52.0 Å². The van der Waals surface area contributed by atoms with Crippen LogP contribution in [-0.4, -0.2) is 11.4 Å². The Hall–Kier alpha value is -1.77. The molecule has 0 bridgehead atoms. The largest absolute Gasteiger partial charge is 0.461 e. The lowest BCUT2D eigenvalue weighted by atomic mass is 10.1. The number of amides is 1. The van der Waals surface area contributed by atoms with Gasteiger partial charge in [-0.2, -0.15) is 0 Å². The maximum atomic E-state index is 12.2. The van der Waals surface area contributed by atoms with Gasteiger partial charge in [0.25, 0.3) is 5.91 Å². The van der Waals surface area contributed by atoms with Crippen molar-refractivity contribution in [3.05, 3.63) is 35.6 Å². The number of para-hydroxylation sites is 1. The molecule has 3 nitrogen and oxygen atoms in total. The van der Waals surface area contributed by atoms with Crippen LogP contribution in [0.15, 0.2) is 28.7 Å². The third-order valence-electron chi connectivity index (χ3n) is 2.49. The van der Waals surface area contributed by atoms with E-state index in [1.54, 1.807) is 0 Å². The minimum absolute atomic E-state index is 0.0834. The highest BCUT2D eigenvalue weighted by molar-refractivity contribution is 6.07. The maximum Gasteiger partial charge on any atom is 0.255 e. The fraction of sp³-hybridized carbons (Fsp3) is 0.357. The van der Waals surface area contributed by atoms with Crippen molar-refractivity contribution in [2.45, 2.75) is 33.2 Å². The molecular weight excluding hydrogens is 214 g/mol. The molecule has 0 radical (unpaired) electrons. The van der Waals surface area contributed by atoms with Crippen molar-refractivity contribution in [2.24, 2.45) is 0 Å². The van der Waals surface area contributed by atoms with Gasteiger partial charge in [-0.25, -0.2) is 0 Å². The van der Waals surface area contributed by atoms with E-state index in [0.717, 1.165) is 11.0 Å². The summed E-state index contributed by atoms with van der Waals surface area (Å²) in [6.45, 7) is 7.70. The molecule has 0 saturated carbocycles. The summed E-state index contributed by atoms with van der Waals surface area (Å²) >= 11 is 0. The van der Waals surface area contributed by atoms with E-state index in [0.29, 0.717) is 11.3 Å². The number of hydrogen-bond donors (Lipinski definition) is 1. The molecule has 0 aliphatic carbocycles. The molecule has 1 N–H and O–H groups in total. The first kappa shape index (κ1) is 11.7. The third-order valence-corrected chi connectivity index (χ3v) is 2.49. The minimum atomic E-state index is -0.248. The van der Waals surface area contributed by atoms with Gasteiger partial charge in [0.2, 0.25) is 0 Å². The normalized spacial score (nSPS) is 11.8. The molecular formula is C14H17NO2. The lowest BCUT2D eigenvalue weighted by Crippen LogP contribution is -2.40. The Morgan fingerprint density at radius 3 is 2.53 bits per heavy atom. The van der Waals surface area contributed by atoms with Crippen LogP contribution in [0.25, 0.3) is 11.0 Å². The molecule has 0 aliphatic rings. The minimum Gasteiger partial charge on any atom is -0.461 e. The summed E-state index contributed by atoms with van der Waals surface area (Å²) in [5.74, 6) is 0.577. The molecule has 0 unspecified atom stereocenters. The van der Waals surface area contributed by atoms with Crippen LogP contribution in [0.1, 0.15) is 36.9 Å². The SMILES string of the molecule is Cc1oc2ccccc2c1C(=O)NC(C)(C)C.